The van der Waals surface area contributed by atoms with Gasteiger partial charge in [-0.05, 0) is 24.3 Å². The Balaban J connectivity index is 2.07. The van der Waals surface area contributed by atoms with Crippen molar-refractivity contribution in [1.29, 1.82) is 0 Å². The zero-order chi connectivity index (χ0) is 13.1. The van der Waals surface area contributed by atoms with E-state index in [1.165, 1.54) is 0 Å². The first kappa shape index (κ1) is 11.9. The molecule has 4 heteroatoms. The standard InChI is InChI=1S/C15H11NO2S/c19-18-14-10-9-11-5-4-8-13(15(11)16-14)17-12-6-2-1-3-7-12/h1-10,19H. The van der Waals surface area contributed by atoms with Crippen molar-refractivity contribution >= 4 is 23.8 Å². The Kier molecular flexibility index (Phi) is 3.25. The summed E-state index contributed by atoms with van der Waals surface area (Å²) in [6.07, 6.45) is 0. The van der Waals surface area contributed by atoms with Crippen LogP contribution in [0.25, 0.3) is 10.9 Å². The molecule has 3 aromatic rings. The quantitative estimate of drug-likeness (QED) is 0.569. The molecule has 94 valence electrons. The molecule has 0 spiro atoms. The van der Waals surface area contributed by atoms with Crippen LogP contribution in [0.15, 0.2) is 60.7 Å². The van der Waals surface area contributed by atoms with E-state index in [1.807, 2.05) is 54.6 Å². The maximum atomic E-state index is 5.85. The molecule has 0 bridgehead atoms. The van der Waals surface area contributed by atoms with Crippen LogP contribution in [0.3, 0.4) is 0 Å². The van der Waals surface area contributed by atoms with Gasteiger partial charge < -0.3 is 8.92 Å². The number of aromatic nitrogens is 1. The lowest BCUT2D eigenvalue weighted by Gasteiger charge is -2.08. The van der Waals surface area contributed by atoms with E-state index in [9.17, 15) is 0 Å². The summed E-state index contributed by atoms with van der Waals surface area (Å²) in [4.78, 5) is 4.37. The number of ether oxygens (including phenoxy) is 1. The molecule has 1 heterocycles. The average molecular weight is 269 g/mol. The molecule has 0 amide bonds. The van der Waals surface area contributed by atoms with Crippen LogP contribution in [-0.4, -0.2) is 4.98 Å². The molecule has 0 atom stereocenters. The van der Waals surface area contributed by atoms with Gasteiger partial charge in [-0.1, -0.05) is 30.3 Å². The molecule has 0 N–H and O–H groups in total. The summed E-state index contributed by atoms with van der Waals surface area (Å²) in [5, 5.41) is 0.988. The first-order valence-corrected chi connectivity index (χ1v) is 6.17. The number of thiol groups is 1. The first-order chi connectivity index (χ1) is 9.36. The molecule has 0 fully saturated rings. The molecule has 1 aromatic heterocycles. The van der Waals surface area contributed by atoms with Crippen LogP contribution in [0.4, 0.5) is 0 Å². The normalized spacial score (nSPS) is 10.4. The zero-order valence-electron chi connectivity index (χ0n) is 9.98. The summed E-state index contributed by atoms with van der Waals surface area (Å²) in [7, 11) is 0. The fraction of sp³-hybridized carbons (Fsp3) is 0. The predicted molar refractivity (Wildman–Crippen MR) is 77.9 cm³/mol. The van der Waals surface area contributed by atoms with Gasteiger partial charge in [0, 0.05) is 24.4 Å². The van der Waals surface area contributed by atoms with Gasteiger partial charge in [-0.2, -0.15) is 0 Å². The minimum Gasteiger partial charge on any atom is -0.455 e. The minimum atomic E-state index is 0.444. The highest BCUT2D eigenvalue weighted by Gasteiger charge is 2.06. The van der Waals surface area contributed by atoms with E-state index in [2.05, 4.69) is 17.9 Å². The van der Waals surface area contributed by atoms with Crippen LogP contribution in [0.2, 0.25) is 0 Å². The molecule has 3 rings (SSSR count). The van der Waals surface area contributed by atoms with E-state index in [4.69, 9.17) is 8.92 Å². The molecule has 0 aliphatic rings. The fourth-order valence-electron chi connectivity index (χ4n) is 1.85. The van der Waals surface area contributed by atoms with Crippen molar-refractivity contribution in [3.63, 3.8) is 0 Å². The highest BCUT2D eigenvalue weighted by atomic mass is 32.1. The van der Waals surface area contributed by atoms with Crippen molar-refractivity contribution in [2.75, 3.05) is 0 Å². The SMILES string of the molecule is SOc1ccc2cccc(Oc3ccccc3)c2n1. The van der Waals surface area contributed by atoms with Crippen LogP contribution < -0.4 is 8.92 Å². The van der Waals surface area contributed by atoms with Crippen LogP contribution >= 0.6 is 12.9 Å². The Morgan fingerprint density at radius 1 is 0.842 bits per heavy atom. The topological polar surface area (TPSA) is 31.4 Å². The summed E-state index contributed by atoms with van der Waals surface area (Å²) in [5.74, 6) is 1.91. The van der Waals surface area contributed by atoms with Gasteiger partial charge in [0.1, 0.15) is 11.3 Å². The number of nitrogens with zero attached hydrogens (tertiary/aromatic N) is 1. The number of para-hydroxylation sites is 2. The molecular formula is C15H11NO2S. The van der Waals surface area contributed by atoms with E-state index in [1.54, 1.807) is 6.07 Å². The molecule has 0 aliphatic carbocycles. The molecule has 0 unspecified atom stereocenters. The van der Waals surface area contributed by atoms with Gasteiger partial charge in [-0.25, -0.2) is 4.98 Å². The second-order valence-corrected chi connectivity index (χ2v) is 4.17. The van der Waals surface area contributed by atoms with Crippen LogP contribution in [0.5, 0.6) is 17.4 Å². The van der Waals surface area contributed by atoms with Crippen molar-refractivity contribution in [3.05, 3.63) is 60.7 Å². The third-order valence-electron chi connectivity index (χ3n) is 2.72. The largest absolute Gasteiger partial charge is 0.455 e. The number of rotatable bonds is 3. The Morgan fingerprint density at radius 3 is 2.47 bits per heavy atom. The van der Waals surface area contributed by atoms with Gasteiger partial charge in [-0.15, -0.1) is 0 Å². The highest BCUT2D eigenvalue weighted by molar-refractivity contribution is 7.75. The maximum Gasteiger partial charge on any atom is 0.228 e. The first-order valence-electron chi connectivity index (χ1n) is 5.81. The second-order valence-electron chi connectivity index (χ2n) is 3.98. The molecule has 3 nitrogen and oxygen atoms in total. The maximum absolute atomic E-state index is 5.85. The summed E-state index contributed by atoms with van der Waals surface area (Å²) >= 11 is 3.77. The lowest BCUT2D eigenvalue weighted by Crippen LogP contribution is -1.89. The Labute approximate surface area is 116 Å². The highest BCUT2D eigenvalue weighted by Crippen LogP contribution is 2.29. The van der Waals surface area contributed by atoms with E-state index in [0.717, 1.165) is 16.7 Å². The Morgan fingerprint density at radius 2 is 1.68 bits per heavy atom. The van der Waals surface area contributed by atoms with E-state index < -0.39 is 0 Å². The lowest BCUT2D eigenvalue weighted by atomic mass is 10.2. The van der Waals surface area contributed by atoms with Crippen molar-refractivity contribution in [2.24, 2.45) is 0 Å². The van der Waals surface area contributed by atoms with Gasteiger partial charge in [0.15, 0.2) is 5.75 Å². The average Bonchev–Trinajstić information content (AvgIpc) is 2.48. The summed E-state index contributed by atoms with van der Waals surface area (Å²) in [6.45, 7) is 0. The smallest absolute Gasteiger partial charge is 0.228 e. The molecule has 0 radical (unpaired) electrons. The van der Waals surface area contributed by atoms with Crippen molar-refractivity contribution in [2.45, 2.75) is 0 Å². The lowest BCUT2D eigenvalue weighted by molar-refractivity contribution is 0.486. The number of pyridine rings is 1. The van der Waals surface area contributed by atoms with Crippen LogP contribution in [-0.2, 0) is 0 Å². The summed E-state index contributed by atoms with van der Waals surface area (Å²) in [6, 6.07) is 19.1. The minimum absolute atomic E-state index is 0.444. The van der Waals surface area contributed by atoms with Crippen molar-refractivity contribution < 1.29 is 8.92 Å². The van der Waals surface area contributed by atoms with Gasteiger partial charge in [0.05, 0.1) is 0 Å². The second kappa shape index (κ2) is 5.20. The van der Waals surface area contributed by atoms with Gasteiger partial charge in [0.2, 0.25) is 5.88 Å². The Bertz CT molecular complexity index is 701. The van der Waals surface area contributed by atoms with Gasteiger partial charge in [-0.3, -0.25) is 0 Å². The van der Waals surface area contributed by atoms with Crippen molar-refractivity contribution in [1.82, 2.24) is 4.98 Å². The van der Waals surface area contributed by atoms with Crippen molar-refractivity contribution in [3.8, 4) is 17.4 Å². The van der Waals surface area contributed by atoms with Gasteiger partial charge >= 0.3 is 0 Å². The molecule has 19 heavy (non-hydrogen) atoms. The third-order valence-corrected chi connectivity index (χ3v) is 2.91. The van der Waals surface area contributed by atoms with Crippen LogP contribution in [0, 0.1) is 0 Å². The summed E-state index contributed by atoms with van der Waals surface area (Å²) in [5.41, 5.74) is 0.748. The molecule has 0 aliphatic heterocycles. The van der Waals surface area contributed by atoms with Crippen LogP contribution in [0.1, 0.15) is 0 Å². The number of fused-ring (bicyclic) bond motifs is 1. The van der Waals surface area contributed by atoms with E-state index in [-0.39, 0.29) is 0 Å². The number of hydrogen-bond donors (Lipinski definition) is 1. The third kappa shape index (κ3) is 2.48. The fourth-order valence-corrected chi connectivity index (χ4v) is 1.95. The molecular weight excluding hydrogens is 258 g/mol. The van der Waals surface area contributed by atoms with E-state index >= 15 is 0 Å². The number of hydrogen-bond acceptors (Lipinski definition) is 4. The zero-order valence-corrected chi connectivity index (χ0v) is 10.9. The van der Waals surface area contributed by atoms with Gasteiger partial charge in [0.25, 0.3) is 0 Å². The predicted octanol–water partition coefficient (Wildman–Crippen LogP) is 4.25. The molecule has 0 saturated heterocycles. The Hall–Kier alpha value is -2.20. The molecule has 2 aromatic carbocycles. The summed E-state index contributed by atoms with van der Waals surface area (Å²) < 4.78 is 10.7. The molecule has 0 saturated carbocycles. The number of benzene rings is 2. The monoisotopic (exact) mass is 269 g/mol. The van der Waals surface area contributed by atoms with E-state index in [0.29, 0.717) is 11.6 Å².